The lowest BCUT2D eigenvalue weighted by Gasteiger charge is -2.44. The molecule has 6 rings (SSSR count). The highest BCUT2D eigenvalue weighted by atomic mass is 19.2. The molecule has 0 saturated heterocycles. The van der Waals surface area contributed by atoms with Gasteiger partial charge in [-0.1, -0.05) is 30.3 Å². The molecule has 336 valence electrons. The molecule has 64 heavy (non-hydrogen) atoms. The molecular formula is C38H13BF20N2O3. The normalized spacial score (nSPS) is 11.4. The van der Waals surface area contributed by atoms with Crippen LogP contribution in [0.15, 0.2) is 48.9 Å². The van der Waals surface area contributed by atoms with Crippen molar-refractivity contribution >= 4 is 39.7 Å². The third kappa shape index (κ3) is 7.73. The lowest BCUT2D eigenvalue weighted by molar-refractivity contribution is -0.690. The summed E-state index contributed by atoms with van der Waals surface area (Å²) in [6.45, 7) is 0.504. The van der Waals surface area contributed by atoms with Crippen LogP contribution in [-0.4, -0.2) is 28.0 Å². The molecule has 0 radical (unpaired) electrons. The van der Waals surface area contributed by atoms with Crippen molar-refractivity contribution in [2.45, 2.75) is 13.0 Å². The van der Waals surface area contributed by atoms with Crippen LogP contribution < -0.4 is 26.4 Å². The Morgan fingerprint density at radius 3 is 1.02 bits per heavy atom. The molecule has 0 aliphatic rings. The molecule has 0 saturated carbocycles. The van der Waals surface area contributed by atoms with Crippen molar-refractivity contribution in [2.24, 2.45) is 0 Å². The first-order valence-corrected chi connectivity index (χ1v) is 16.7. The summed E-state index contributed by atoms with van der Waals surface area (Å²) in [5.74, 6) is -73.0. The Balaban J connectivity index is 0.000000337. The van der Waals surface area contributed by atoms with E-state index in [1.54, 1.807) is 17.0 Å². The number of hydrogen-bond donors (Lipinski definition) is 1. The molecule has 5 nitrogen and oxygen atoms in total. The Morgan fingerprint density at radius 1 is 0.453 bits per heavy atom. The van der Waals surface area contributed by atoms with E-state index in [-0.39, 0.29) is 0 Å². The van der Waals surface area contributed by atoms with Gasteiger partial charge in [0.05, 0.1) is 6.20 Å². The molecule has 26 heteroatoms. The van der Waals surface area contributed by atoms with Crippen molar-refractivity contribution in [3.63, 3.8) is 0 Å². The molecule has 1 aromatic heterocycles. The van der Waals surface area contributed by atoms with Crippen molar-refractivity contribution in [1.82, 2.24) is 4.98 Å². The summed E-state index contributed by atoms with van der Waals surface area (Å²) in [6.07, 6.45) is -3.11. The van der Waals surface area contributed by atoms with Gasteiger partial charge in [-0.2, -0.15) is 4.57 Å². The van der Waals surface area contributed by atoms with Crippen LogP contribution in [0, 0.1) is 116 Å². The van der Waals surface area contributed by atoms with E-state index in [0.29, 0.717) is 12.2 Å². The van der Waals surface area contributed by atoms with Gasteiger partial charge < -0.3 is 5.11 Å². The average Bonchev–Trinajstić information content (AvgIpc) is 3.26. The van der Waals surface area contributed by atoms with Crippen molar-refractivity contribution < 1.29 is 107 Å². The molecule has 0 aliphatic carbocycles. The van der Waals surface area contributed by atoms with E-state index in [0.717, 1.165) is 5.56 Å². The lowest BCUT2D eigenvalue weighted by Crippen LogP contribution is -2.81. The second-order valence-corrected chi connectivity index (χ2v) is 12.9. The summed E-state index contributed by atoms with van der Waals surface area (Å²) in [6, 6.07) is 9.63. The first-order chi connectivity index (χ1) is 29.9. The van der Waals surface area contributed by atoms with Gasteiger partial charge in [0.1, 0.15) is 65.3 Å². The highest BCUT2D eigenvalue weighted by Gasteiger charge is 2.52. The zero-order valence-corrected chi connectivity index (χ0v) is 30.3. The predicted molar refractivity (Wildman–Crippen MR) is 176 cm³/mol. The van der Waals surface area contributed by atoms with E-state index < -0.39 is 163 Å². The van der Waals surface area contributed by atoms with Crippen LogP contribution in [0.25, 0.3) is 0 Å². The van der Waals surface area contributed by atoms with Crippen molar-refractivity contribution in [1.29, 1.82) is 0 Å². The Kier molecular flexibility index (Phi) is 13.5. The van der Waals surface area contributed by atoms with Crippen LogP contribution in [0.2, 0.25) is 0 Å². The fourth-order valence-corrected chi connectivity index (χ4v) is 6.64. The number of carbonyl (C=O) groups is 2. The number of hydrogen-bond acceptors (Lipinski definition) is 3. The van der Waals surface area contributed by atoms with Gasteiger partial charge in [0.2, 0.25) is 5.78 Å². The largest absolute Gasteiger partial charge is 0.481 e. The van der Waals surface area contributed by atoms with Crippen LogP contribution >= 0.6 is 0 Å². The van der Waals surface area contributed by atoms with Crippen LogP contribution in [0.3, 0.4) is 0 Å². The average molecular weight is 936 g/mol. The summed E-state index contributed by atoms with van der Waals surface area (Å²) >= 11 is 0. The highest BCUT2D eigenvalue weighted by molar-refractivity contribution is 7.20. The van der Waals surface area contributed by atoms with E-state index in [9.17, 15) is 62.3 Å². The number of carbonyl (C=O) groups excluding carboxylic acids is 1. The molecule has 6 aromatic rings. The van der Waals surface area contributed by atoms with Gasteiger partial charge in [-0.15, -0.1) is 21.9 Å². The zero-order chi connectivity index (χ0) is 48.0. The number of carboxylic acids is 1. The number of carboxylic acid groups (broad SMARTS) is 1. The second-order valence-electron chi connectivity index (χ2n) is 12.9. The number of aliphatic carboxylic acids is 1. The fraction of sp³-hybridized carbons (Fsp3) is 0.0526. The summed E-state index contributed by atoms with van der Waals surface area (Å²) in [5.41, 5.74) is -13.0. The van der Waals surface area contributed by atoms with Crippen LogP contribution in [0.5, 0.6) is 0 Å². The van der Waals surface area contributed by atoms with Gasteiger partial charge in [0, 0.05) is 5.56 Å². The van der Waals surface area contributed by atoms with Gasteiger partial charge in [-0.05, 0) is 0 Å². The maximum absolute atomic E-state index is 15.4. The smallest absolute Gasteiger partial charge is 0.311 e. The minimum atomic E-state index is -7.22. The van der Waals surface area contributed by atoms with Gasteiger partial charge >= 0.3 is 5.97 Å². The Hall–Kier alpha value is -7.02. The maximum atomic E-state index is 15.4. The third-order valence-corrected chi connectivity index (χ3v) is 9.34. The van der Waals surface area contributed by atoms with E-state index in [4.69, 9.17) is 5.11 Å². The first kappa shape index (κ1) is 48.0. The van der Waals surface area contributed by atoms with Gasteiger partial charge in [0.15, 0.2) is 82.5 Å². The van der Waals surface area contributed by atoms with Crippen molar-refractivity contribution in [3.8, 4) is 0 Å². The predicted octanol–water partition coefficient (Wildman–Crippen LogP) is 6.92. The Morgan fingerprint density at radius 2 is 0.734 bits per heavy atom. The van der Waals surface area contributed by atoms with Gasteiger partial charge in [-0.3, -0.25) is 14.6 Å². The molecule has 0 atom stereocenters. The van der Waals surface area contributed by atoms with E-state index >= 15 is 35.1 Å². The number of ketones is 1. The van der Waals surface area contributed by atoms with E-state index in [1.807, 2.05) is 30.3 Å². The zero-order valence-electron chi connectivity index (χ0n) is 30.3. The van der Waals surface area contributed by atoms with Crippen LogP contribution in [0.4, 0.5) is 87.8 Å². The standard InChI is InChI=1S/C24BF20.C14H12N2O3/c26-5-1(6(27)14(35)21(42)13(5)34)25(2-7(28)15(36)22(43)16(37)8(2)29,3-9(30)17(38)23(44)18(39)10(3)31)4-11(32)19(40)24(45)20(41)12(4)33;17-13(8-14(18)19)12-9-15-6-7-16(12)10-11-4-2-1-3-5-11/h;1-7,9H,8,10H2/q-1;/p+1. The monoisotopic (exact) mass is 936 g/mol. The molecule has 0 amide bonds. The van der Waals surface area contributed by atoms with Crippen LogP contribution in [0.1, 0.15) is 22.5 Å². The molecule has 5 aromatic carbocycles. The number of halogens is 20. The number of Topliss-reactive ketones (excluding diaryl/α,β-unsaturated/α-hetero) is 1. The first-order valence-electron chi connectivity index (χ1n) is 16.7. The topological polar surface area (TPSA) is 71.1 Å². The fourth-order valence-electron chi connectivity index (χ4n) is 6.64. The molecule has 0 bridgehead atoms. The van der Waals surface area contributed by atoms with Crippen LogP contribution in [-0.2, 0) is 11.3 Å². The molecule has 1 heterocycles. The Labute approximate surface area is 341 Å². The van der Waals surface area contributed by atoms with Gasteiger partial charge in [0.25, 0.3) is 5.69 Å². The third-order valence-electron chi connectivity index (χ3n) is 9.34. The molecule has 0 fully saturated rings. The molecule has 0 spiro atoms. The number of rotatable bonds is 9. The minimum absolute atomic E-state index is 0.300. The highest BCUT2D eigenvalue weighted by Crippen LogP contribution is 2.30. The maximum Gasteiger partial charge on any atom is 0.311 e. The Bertz CT molecular complexity index is 2520. The minimum Gasteiger partial charge on any atom is -0.481 e. The van der Waals surface area contributed by atoms with Gasteiger partial charge in [-0.25, -0.2) is 87.8 Å². The summed E-state index contributed by atoms with van der Waals surface area (Å²) in [4.78, 5) is 26.3. The second kappa shape index (κ2) is 18.0. The summed E-state index contributed by atoms with van der Waals surface area (Å²) in [7, 11) is 0. The molecule has 0 aliphatic heterocycles. The summed E-state index contributed by atoms with van der Waals surface area (Å²) < 4.78 is 296. The van der Waals surface area contributed by atoms with Crippen molar-refractivity contribution in [3.05, 3.63) is 177 Å². The number of aromatic nitrogens is 2. The molecule has 1 N–H and O–H groups in total. The lowest BCUT2D eigenvalue weighted by atomic mass is 9.12. The molecular weight excluding hydrogens is 923 g/mol. The quantitative estimate of drug-likeness (QED) is 0.0326. The summed E-state index contributed by atoms with van der Waals surface area (Å²) in [5, 5.41) is 8.68. The van der Waals surface area contributed by atoms with Crippen molar-refractivity contribution in [2.75, 3.05) is 0 Å². The van der Waals surface area contributed by atoms with E-state index in [2.05, 4.69) is 4.98 Å². The SMILES string of the molecule is Fc1c(F)c(F)c([B-](c2c(F)c(F)c(F)c(F)c2F)(c2c(F)c(F)c(F)c(F)c2F)c2c(F)c(F)c(F)c(F)c2F)c(F)c1F.O=C(O)CC(=O)c1cncc[n+]1Cc1ccccc1. The van der Waals surface area contributed by atoms with E-state index in [1.165, 1.54) is 6.20 Å². The number of nitrogens with zero attached hydrogens (tertiary/aromatic N) is 2. The number of benzene rings is 5. The molecule has 0 unspecified atom stereocenters.